The van der Waals surface area contributed by atoms with E-state index in [1.165, 1.54) is 6.92 Å². The maximum atomic E-state index is 12.7. The molecule has 8 heteroatoms. The molecule has 1 aliphatic heterocycles. The van der Waals surface area contributed by atoms with Crippen molar-refractivity contribution in [1.82, 2.24) is 4.98 Å². The number of nitrogen functional groups attached to an aromatic ring is 1. The van der Waals surface area contributed by atoms with Crippen molar-refractivity contribution in [2.45, 2.75) is 27.2 Å². The van der Waals surface area contributed by atoms with Crippen LogP contribution in [-0.2, 0) is 6.42 Å². The van der Waals surface area contributed by atoms with Gasteiger partial charge in [0.05, 0.1) is 11.4 Å². The first kappa shape index (κ1) is 18.7. The standard InChI is InChI=1S/C17H19N3O4.ClH/c1-4-10-15(9(3)21)8(2)19-16(10)17(22)20-12-6-14-13(5-11(12)18)23-7-24-14;/h5-6,19H,4,7,18H2,1-3H3,(H,20,22);1H. The molecule has 0 saturated carbocycles. The van der Waals surface area contributed by atoms with Gasteiger partial charge in [0.15, 0.2) is 17.3 Å². The predicted molar refractivity (Wildman–Crippen MR) is 97.1 cm³/mol. The Hall–Kier alpha value is -2.67. The average Bonchev–Trinajstić information content (AvgIpc) is 3.10. The fourth-order valence-corrected chi connectivity index (χ4v) is 2.95. The van der Waals surface area contributed by atoms with Crippen LogP contribution < -0.4 is 20.5 Å². The van der Waals surface area contributed by atoms with Gasteiger partial charge in [-0.05, 0) is 25.8 Å². The summed E-state index contributed by atoms with van der Waals surface area (Å²) in [7, 11) is 0. The number of aromatic nitrogens is 1. The number of nitrogens with two attached hydrogens (primary N) is 1. The SMILES string of the molecule is CCc1c(C(=O)Nc2cc3c(cc2N)OCO3)[nH]c(C)c1C(C)=O.Cl. The van der Waals surface area contributed by atoms with Crippen molar-refractivity contribution in [3.8, 4) is 11.5 Å². The third kappa shape index (κ3) is 3.28. The van der Waals surface area contributed by atoms with Crippen molar-refractivity contribution in [1.29, 1.82) is 0 Å². The number of hydrogen-bond acceptors (Lipinski definition) is 5. The number of nitrogens with one attached hydrogen (secondary N) is 2. The molecule has 1 aromatic heterocycles. The van der Waals surface area contributed by atoms with Gasteiger partial charge in [-0.3, -0.25) is 9.59 Å². The van der Waals surface area contributed by atoms with E-state index in [-0.39, 0.29) is 30.9 Å². The van der Waals surface area contributed by atoms with Crippen LogP contribution >= 0.6 is 12.4 Å². The Balaban J connectivity index is 0.00000225. The zero-order valence-corrected chi connectivity index (χ0v) is 15.0. The van der Waals surface area contributed by atoms with Crippen LogP contribution in [0.25, 0.3) is 0 Å². The normalized spacial score (nSPS) is 11.8. The van der Waals surface area contributed by atoms with E-state index >= 15 is 0 Å². The lowest BCUT2D eigenvalue weighted by molar-refractivity contribution is 0.101. The molecule has 0 aliphatic carbocycles. The van der Waals surface area contributed by atoms with E-state index < -0.39 is 0 Å². The molecule has 1 aromatic carbocycles. The Kier molecular flexibility index (Phi) is 5.27. The van der Waals surface area contributed by atoms with Gasteiger partial charge in [-0.25, -0.2) is 0 Å². The average molecular weight is 366 g/mol. The number of ether oxygens (including phenoxy) is 2. The lowest BCUT2D eigenvalue weighted by atomic mass is 10.0. The van der Waals surface area contributed by atoms with Gasteiger partial charge in [0.1, 0.15) is 5.69 Å². The lowest BCUT2D eigenvalue weighted by Crippen LogP contribution is -2.15. The van der Waals surface area contributed by atoms with E-state index in [4.69, 9.17) is 15.2 Å². The van der Waals surface area contributed by atoms with E-state index in [1.54, 1.807) is 19.1 Å². The highest BCUT2D eigenvalue weighted by Gasteiger charge is 2.23. The first-order chi connectivity index (χ1) is 11.4. The number of ketones is 1. The highest BCUT2D eigenvalue weighted by molar-refractivity contribution is 6.08. The molecule has 0 fully saturated rings. The number of halogens is 1. The summed E-state index contributed by atoms with van der Waals surface area (Å²) in [5, 5.41) is 2.77. The number of rotatable bonds is 4. The molecule has 25 heavy (non-hydrogen) atoms. The first-order valence-corrected chi connectivity index (χ1v) is 7.65. The van der Waals surface area contributed by atoms with Crippen molar-refractivity contribution in [2.24, 2.45) is 0 Å². The molecule has 0 bridgehead atoms. The molecule has 7 nitrogen and oxygen atoms in total. The molecular formula is C17H20ClN3O4. The monoisotopic (exact) mass is 365 g/mol. The molecule has 1 amide bonds. The number of carbonyl (C=O) groups excluding carboxylic acids is 2. The lowest BCUT2D eigenvalue weighted by Gasteiger charge is -2.10. The van der Waals surface area contributed by atoms with Crippen molar-refractivity contribution in [3.63, 3.8) is 0 Å². The molecule has 0 atom stereocenters. The molecule has 0 saturated heterocycles. The zero-order valence-electron chi connectivity index (χ0n) is 14.2. The highest BCUT2D eigenvalue weighted by Crippen LogP contribution is 2.38. The zero-order chi connectivity index (χ0) is 17.4. The summed E-state index contributed by atoms with van der Waals surface area (Å²) in [4.78, 5) is 27.5. The van der Waals surface area contributed by atoms with Gasteiger partial charge in [0.2, 0.25) is 6.79 Å². The van der Waals surface area contributed by atoms with Gasteiger partial charge < -0.3 is 25.5 Å². The summed E-state index contributed by atoms with van der Waals surface area (Å²) in [5.41, 5.74) is 9.10. The van der Waals surface area contributed by atoms with Crippen molar-refractivity contribution in [2.75, 3.05) is 17.8 Å². The van der Waals surface area contributed by atoms with E-state index in [1.807, 2.05) is 6.92 Å². The summed E-state index contributed by atoms with van der Waals surface area (Å²) in [6.07, 6.45) is 0.568. The van der Waals surface area contributed by atoms with Crippen molar-refractivity contribution >= 4 is 35.5 Å². The molecule has 0 radical (unpaired) electrons. The Morgan fingerprint density at radius 2 is 1.92 bits per heavy atom. The van der Waals surface area contributed by atoms with Crippen molar-refractivity contribution < 1.29 is 19.1 Å². The van der Waals surface area contributed by atoms with Crippen molar-refractivity contribution in [3.05, 3.63) is 34.6 Å². The molecule has 3 rings (SSSR count). The summed E-state index contributed by atoms with van der Waals surface area (Å²) in [6, 6.07) is 3.24. The van der Waals surface area contributed by atoms with Crippen LogP contribution in [-0.4, -0.2) is 23.5 Å². The fourth-order valence-electron chi connectivity index (χ4n) is 2.95. The molecule has 0 spiro atoms. The number of aryl methyl sites for hydroxylation is 1. The predicted octanol–water partition coefficient (Wildman–Crippen LogP) is 3.07. The maximum Gasteiger partial charge on any atom is 0.272 e. The number of Topliss-reactive ketones (excluding diaryl/α,β-unsaturated/α-hetero) is 1. The molecule has 0 unspecified atom stereocenters. The van der Waals surface area contributed by atoms with Gasteiger partial charge in [-0.2, -0.15) is 0 Å². The van der Waals surface area contributed by atoms with E-state index in [2.05, 4.69) is 10.3 Å². The number of benzene rings is 1. The minimum Gasteiger partial charge on any atom is -0.454 e. The molecule has 2 aromatic rings. The van der Waals surface area contributed by atoms with Gasteiger partial charge in [-0.1, -0.05) is 6.92 Å². The number of carbonyl (C=O) groups is 2. The highest BCUT2D eigenvalue weighted by atomic mass is 35.5. The second-order valence-corrected chi connectivity index (χ2v) is 5.64. The van der Waals surface area contributed by atoms with Gasteiger partial charge in [0.25, 0.3) is 5.91 Å². The number of H-pyrrole nitrogens is 1. The molecular weight excluding hydrogens is 346 g/mol. The number of anilines is 2. The van der Waals surface area contributed by atoms with Crippen LogP contribution in [0.1, 0.15) is 46.0 Å². The first-order valence-electron chi connectivity index (χ1n) is 7.65. The molecule has 4 N–H and O–H groups in total. The second-order valence-electron chi connectivity index (χ2n) is 5.64. The number of amides is 1. The van der Waals surface area contributed by atoms with Crippen LogP contribution in [0.3, 0.4) is 0 Å². The fraction of sp³-hybridized carbons (Fsp3) is 0.294. The topological polar surface area (TPSA) is 106 Å². The van der Waals surface area contributed by atoms with Gasteiger partial charge in [-0.15, -0.1) is 12.4 Å². The van der Waals surface area contributed by atoms with Crippen LogP contribution in [0.15, 0.2) is 12.1 Å². The summed E-state index contributed by atoms with van der Waals surface area (Å²) >= 11 is 0. The number of hydrogen-bond donors (Lipinski definition) is 3. The largest absolute Gasteiger partial charge is 0.454 e. The minimum atomic E-state index is -0.354. The Bertz CT molecular complexity index is 845. The maximum absolute atomic E-state index is 12.7. The quantitative estimate of drug-likeness (QED) is 0.570. The minimum absolute atomic E-state index is 0. The smallest absolute Gasteiger partial charge is 0.272 e. The Labute approximate surface area is 151 Å². The van der Waals surface area contributed by atoms with E-state index in [9.17, 15) is 9.59 Å². The second kappa shape index (κ2) is 7.06. The Morgan fingerprint density at radius 3 is 2.52 bits per heavy atom. The third-order valence-corrected chi connectivity index (χ3v) is 4.02. The van der Waals surface area contributed by atoms with Crippen LogP contribution in [0.2, 0.25) is 0 Å². The summed E-state index contributed by atoms with van der Waals surface area (Å²) in [6.45, 7) is 5.30. The Morgan fingerprint density at radius 1 is 1.28 bits per heavy atom. The molecule has 1 aliphatic rings. The summed E-state index contributed by atoms with van der Waals surface area (Å²) in [5.74, 6) is 0.659. The van der Waals surface area contributed by atoms with E-state index in [0.717, 1.165) is 0 Å². The number of aromatic amines is 1. The third-order valence-electron chi connectivity index (χ3n) is 4.02. The van der Waals surface area contributed by atoms with Crippen LogP contribution in [0, 0.1) is 6.92 Å². The summed E-state index contributed by atoms with van der Waals surface area (Å²) < 4.78 is 10.5. The van der Waals surface area contributed by atoms with Gasteiger partial charge >= 0.3 is 0 Å². The van der Waals surface area contributed by atoms with Gasteiger partial charge in [0, 0.05) is 23.4 Å². The van der Waals surface area contributed by atoms with Crippen LogP contribution in [0.4, 0.5) is 11.4 Å². The van der Waals surface area contributed by atoms with Crippen LogP contribution in [0.5, 0.6) is 11.5 Å². The molecule has 2 heterocycles. The molecule has 134 valence electrons. The number of fused-ring (bicyclic) bond motifs is 1. The van der Waals surface area contributed by atoms with E-state index in [0.29, 0.717) is 51.8 Å².